The van der Waals surface area contributed by atoms with Crippen LogP contribution < -0.4 is 5.32 Å². The highest BCUT2D eigenvalue weighted by Gasteiger charge is 2.33. The van der Waals surface area contributed by atoms with Gasteiger partial charge in [0.15, 0.2) is 0 Å². The molecule has 1 aromatic heterocycles. The Kier molecular flexibility index (Phi) is 4.94. The van der Waals surface area contributed by atoms with Gasteiger partial charge in [0.1, 0.15) is 4.90 Å². The van der Waals surface area contributed by atoms with Crippen LogP contribution in [0.2, 0.25) is 0 Å². The van der Waals surface area contributed by atoms with Crippen molar-refractivity contribution in [2.45, 2.75) is 30.8 Å². The molecule has 1 aliphatic rings. The van der Waals surface area contributed by atoms with Crippen molar-refractivity contribution < 1.29 is 8.42 Å². The summed E-state index contributed by atoms with van der Waals surface area (Å²) in [4.78, 5) is 1.41. The number of hydrogen-bond donors (Lipinski definition) is 1. The molecule has 1 unspecified atom stereocenters. The van der Waals surface area contributed by atoms with Crippen LogP contribution in [0.25, 0.3) is 0 Å². The van der Waals surface area contributed by atoms with Crippen molar-refractivity contribution in [3.63, 3.8) is 0 Å². The molecule has 0 amide bonds. The van der Waals surface area contributed by atoms with Gasteiger partial charge in [-0.15, -0.1) is 11.3 Å². The van der Waals surface area contributed by atoms with Crippen LogP contribution in [-0.2, 0) is 16.6 Å². The van der Waals surface area contributed by atoms with Crippen molar-refractivity contribution >= 4 is 33.1 Å². The average Bonchev–Trinajstić information content (AvgIpc) is 2.98. The highest BCUT2D eigenvalue weighted by atomic mass is 32.2. The summed E-state index contributed by atoms with van der Waals surface area (Å²) in [6.45, 7) is 2.47. The lowest BCUT2D eigenvalue weighted by molar-refractivity contribution is 0.394. The summed E-state index contributed by atoms with van der Waals surface area (Å²) in [6, 6.07) is 0.136. The van der Waals surface area contributed by atoms with E-state index in [4.69, 9.17) is 0 Å². The van der Waals surface area contributed by atoms with Crippen LogP contribution in [0.1, 0.15) is 16.9 Å². The lowest BCUT2D eigenvalue weighted by Gasteiger charge is -2.23. The molecule has 7 heteroatoms. The normalized spacial score (nSPS) is 20.3. The molecule has 1 fully saturated rings. The number of nitrogens with zero attached hydrogens (tertiary/aromatic N) is 1. The number of hydrogen-bond acceptors (Lipinski definition) is 5. The summed E-state index contributed by atoms with van der Waals surface area (Å²) >= 11 is 3.34. The van der Waals surface area contributed by atoms with Gasteiger partial charge in [-0.1, -0.05) is 0 Å². The van der Waals surface area contributed by atoms with E-state index in [0.717, 1.165) is 28.4 Å². The Balaban J connectivity index is 2.35. The minimum absolute atomic E-state index is 0.136. The van der Waals surface area contributed by atoms with E-state index in [-0.39, 0.29) is 6.04 Å². The first-order valence-electron chi connectivity index (χ1n) is 6.25. The lowest BCUT2D eigenvalue weighted by atomic mass is 10.3. The first-order valence-corrected chi connectivity index (χ1v) is 9.73. The Morgan fingerprint density at radius 3 is 2.84 bits per heavy atom. The van der Waals surface area contributed by atoms with Crippen LogP contribution in [0.5, 0.6) is 0 Å². The third kappa shape index (κ3) is 3.00. The van der Waals surface area contributed by atoms with Gasteiger partial charge in [-0.05, 0) is 37.1 Å². The molecule has 2 rings (SSSR count). The van der Waals surface area contributed by atoms with Gasteiger partial charge in [-0.25, -0.2) is 8.42 Å². The molecule has 4 nitrogen and oxygen atoms in total. The Morgan fingerprint density at radius 1 is 1.53 bits per heavy atom. The molecular weight excluding hydrogens is 300 g/mol. The fourth-order valence-corrected chi connectivity index (χ4v) is 6.78. The van der Waals surface area contributed by atoms with E-state index in [2.05, 4.69) is 5.32 Å². The van der Waals surface area contributed by atoms with Crippen LogP contribution in [0.4, 0.5) is 0 Å². The van der Waals surface area contributed by atoms with Gasteiger partial charge in [-0.2, -0.15) is 16.1 Å². The second-order valence-electron chi connectivity index (χ2n) is 4.74. The number of aryl methyl sites for hydroxylation is 1. The molecular formula is C12H20N2O2S3. The molecule has 1 N–H and O–H groups in total. The van der Waals surface area contributed by atoms with E-state index in [0.29, 0.717) is 11.4 Å². The Hall–Kier alpha value is -0.0800. The zero-order valence-corrected chi connectivity index (χ0v) is 13.9. The van der Waals surface area contributed by atoms with Gasteiger partial charge in [0, 0.05) is 30.3 Å². The number of thiophene rings is 1. The zero-order valence-electron chi connectivity index (χ0n) is 11.5. The predicted molar refractivity (Wildman–Crippen MR) is 82.5 cm³/mol. The van der Waals surface area contributed by atoms with Crippen molar-refractivity contribution in [1.82, 2.24) is 9.62 Å². The number of rotatable bonds is 5. The first kappa shape index (κ1) is 15.3. The van der Waals surface area contributed by atoms with Gasteiger partial charge in [0.2, 0.25) is 10.0 Å². The maximum absolute atomic E-state index is 12.8. The zero-order chi connectivity index (χ0) is 14.0. The summed E-state index contributed by atoms with van der Waals surface area (Å²) in [6.07, 6.45) is 0.949. The van der Waals surface area contributed by atoms with Crippen molar-refractivity contribution in [2.75, 3.05) is 25.6 Å². The number of thioether (sulfide) groups is 1. The molecule has 0 bridgehead atoms. The lowest BCUT2D eigenvalue weighted by Crippen LogP contribution is -2.37. The van der Waals surface area contributed by atoms with Crippen LogP contribution in [0.15, 0.2) is 10.3 Å². The second kappa shape index (κ2) is 6.13. The van der Waals surface area contributed by atoms with Crippen molar-refractivity contribution in [1.29, 1.82) is 0 Å². The van der Waals surface area contributed by atoms with Crippen LogP contribution in [0.3, 0.4) is 0 Å². The van der Waals surface area contributed by atoms with Gasteiger partial charge in [0.05, 0.1) is 0 Å². The minimum atomic E-state index is -3.37. The summed E-state index contributed by atoms with van der Waals surface area (Å²) in [5, 5.41) is 4.97. The van der Waals surface area contributed by atoms with E-state index in [1.54, 1.807) is 11.4 Å². The summed E-state index contributed by atoms with van der Waals surface area (Å²) in [7, 11) is 0.178. The molecule has 1 aliphatic heterocycles. The topological polar surface area (TPSA) is 49.4 Å². The molecule has 108 valence electrons. The van der Waals surface area contributed by atoms with Crippen LogP contribution >= 0.6 is 23.1 Å². The van der Waals surface area contributed by atoms with Gasteiger partial charge < -0.3 is 5.32 Å². The smallest absolute Gasteiger partial charge is 0.244 e. The van der Waals surface area contributed by atoms with E-state index in [1.165, 1.54) is 11.3 Å². The monoisotopic (exact) mass is 320 g/mol. The average molecular weight is 321 g/mol. The molecule has 0 saturated carbocycles. The fraction of sp³-hybridized carbons (Fsp3) is 0.667. The first-order chi connectivity index (χ1) is 8.98. The maximum atomic E-state index is 12.8. The minimum Gasteiger partial charge on any atom is -0.315 e. The maximum Gasteiger partial charge on any atom is 0.244 e. The summed E-state index contributed by atoms with van der Waals surface area (Å²) < 4.78 is 27.2. The molecule has 0 aromatic carbocycles. The molecule has 1 aromatic rings. The Labute approximate surface area is 123 Å². The highest BCUT2D eigenvalue weighted by Crippen LogP contribution is 2.32. The van der Waals surface area contributed by atoms with Gasteiger partial charge in [-0.3, -0.25) is 0 Å². The van der Waals surface area contributed by atoms with Gasteiger partial charge in [0.25, 0.3) is 0 Å². The van der Waals surface area contributed by atoms with Gasteiger partial charge >= 0.3 is 0 Å². The summed E-state index contributed by atoms with van der Waals surface area (Å²) in [5.74, 6) is 1.96. The number of nitrogens with one attached hydrogen (secondary N) is 1. The summed E-state index contributed by atoms with van der Waals surface area (Å²) in [5.41, 5.74) is 0.854. The fourth-order valence-electron chi connectivity index (χ4n) is 2.27. The molecule has 19 heavy (non-hydrogen) atoms. The van der Waals surface area contributed by atoms with Crippen molar-refractivity contribution in [3.8, 4) is 0 Å². The van der Waals surface area contributed by atoms with Crippen molar-refractivity contribution in [2.24, 2.45) is 0 Å². The molecule has 0 aliphatic carbocycles. The van der Waals surface area contributed by atoms with Crippen LogP contribution in [-0.4, -0.2) is 44.4 Å². The quantitative estimate of drug-likeness (QED) is 0.900. The van der Waals surface area contributed by atoms with E-state index in [1.807, 2.05) is 31.1 Å². The molecule has 0 radical (unpaired) electrons. The molecule has 0 spiro atoms. The highest BCUT2D eigenvalue weighted by molar-refractivity contribution is 7.99. The largest absolute Gasteiger partial charge is 0.315 e. The van der Waals surface area contributed by atoms with Crippen molar-refractivity contribution in [3.05, 3.63) is 15.8 Å². The van der Waals surface area contributed by atoms with E-state index < -0.39 is 10.0 Å². The third-order valence-corrected chi connectivity index (χ3v) is 7.90. The van der Waals surface area contributed by atoms with Crippen LogP contribution in [0, 0.1) is 6.92 Å². The number of sulfonamides is 1. The third-order valence-electron chi connectivity index (χ3n) is 3.38. The molecule has 1 atom stereocenters. The standard InChI is InChI=1S/C12H20N2O2S3/c1-9-7-18-11(6-13-2)12(9)19(15,16)14(3)10-4-5-17-8-10/h7,10,13H,4-6,8H2,1-3H3. The Morgan fingerprint density at radius 2 is 2.26 bits per heavy atom. The molecule has 2 heterocycles. The SMILES string of the molecule is CNCc1scc(C)c1S(=O)(=O)N(C)C1CCSC1. The second-order valence-corrected chi connectivity index (χ2v) is 8.79. The predicted octanol–water partition coefficient (Wildman–Crippen LogP) is 1.90. The van der Waals surface area contributed by atoms with E-state index in [9.17, 15) is 8.42 Å². The van der Waals surface area contributed by atoms with E-state index >= 15 is 0 Å². The Bertz CT molecular complexity index is 533. The molecule has 1 saturated heterocycles.